The first-order valence-electron chi connectivity index (χ1n) is 5.10. The second-order valence-corrected chi connectivity index (χ2v) is 5.25. The molecule has 10 heteroatoms. The lowest BCUT2D eigenvalue weighted by Crippen LogP contribution is -2.13. The lowest BCUT2D eigenvalue weighted by Gasteiger charge is -2.04. The molecule has 0 unspecified atom stereocenters. The van der Waals surface area contributed by atoms with Crippen LogP contribution in [0.4, 0.5) is 5.82 Å². The normalized spacial score (nSPS) is 10.8. The number of pyridine rings is 1. The van der Waals surface area contributed by atoms with Crippen molar-refractivity contribution in [3.63, 3.8) is 0 Å². The van der Waals surface area contributed by atoms with Gasteiger partial charge in [0, 0.05) is 12.3 Å². The fourth-order valence-corrected chi connectivity index (χ4v) is 2.22. The van der Waals surface area contributed by atoms with Crippen LogP contribution < -0.4 is 4.72 Å². The number of nitriles is 1. The molecule has 2 rings (SSSR count). The second kappa shape index (κ2) is 4.98. The van der Waals surface area contributed by atoms with Gasteiger partial charge < -0.3 is 5.11 Å². The molecule has 0 fully saturated rings. The molecule has 0 radical (unpaired) electrons. The number of carboxylic acids is 1. The van der Waals surface area contributed by atoms with Crippen LogP contribution in [0.2, 0.25) is 0 Å². The van der Waals surface area contributed by atoms with Crippen LogP contribution in [0.15, 0.2) is 29.3 Å². The topological polar surface area (TPSA) is 149 Å². The molecule has 0 aliphatic rings. The lowest BCUT2D eigenvalue weighted by molar-refractivity contribution is 0.0690. The fourth-order valence-electron chi connectivity index (χ4n) is 1.29. The van der Waals surface area contributed by atoms with Crippen LogP contribution in [0.1, 0.15) is 16.2 Å². The maximum Gasteiger partial charge on any atom is 0.353 e. The number of aromatic carboxylic acids is 1. The highest BCUT2D eigenvalue weighted by atomic mass is 32.2. The molecule has 0 amide bonds. The van der Waals surface area contributed by atoms with E-state index in [0.29, 0.717) is 0 Å². The van der Waals surface area contributed by atoms with Gasteiger partial charge in [-0.2, -0.15) is 10.4 Å². The van der Waals surface area contributed by atoms with Crippen LogP contribution in [0.3, 0.4) is 0 Å². The molecular weight excluding hydrogens is 286 g/mol. The number of H-pyrrole nitrogens is 1. The average molecular weight is 293 g/mol. The Morgan fingerprint density at radius 3 is 2.70 bits per heavy atom. The highest BCUT2D eigenvalue weighted by Crippen LogP contribution is 2.14. The summed E-state index contributed by atoms with van der Waals surface area (Å²) < 4.78 is 26.0. The smallest absolute Gasteiger partial charge is 0.353 e. The van der Waals surface area contributed by atoms with Crippen LogP contribution in [0.5, 0.6) is 0 Å². The van der Waals surface area contributed by atoms with E-state index in [0.717, 1.165) is 12.3 Å². The van der Waals surface area contributed by atoms with E-state index in [1.54, 1.807) is 6.07 Å². The zero-order chi connectivity index (χ0) is 14.8. The molecule has 0 aromatic carbocycles. The quantitative estimate of drug-likeness (QED) is 0.727. The van der Waals surface area contributed by atoms with E-state index in [1.807, 2.05) is 0 Å². The molecule has 2 aromatic rings. The van der Waals surface area contributed by atoms with Crippen molar-refractivity contribution in [1.82, 2.24) is 15.2 Å². The molecular formula is C10H7N5O4S. The Balaban J connectivity index is 2.25. The van der Waals surface area contributed by atoms with E-state index < -0.39 is 16.0 Å². The Kier molecular flexibility index (Phi) is 3.36. The number of hydrogen-bond donors (Lipinski definition) is 3. The fraction of sp³-hybridized carbons (Fsp3) is 0. The summed E-state index contributed by atoms with van der Waals surface area (Å²) in [6.45, 7) is 0. The highest BCUT2D eigenvalue weighted by molar-refractivity contribution is 7.92. The molecule has 102 valence electrons. The monoisotopic (exact) mass is 293 g/mol. The van der Waals surface area contributed by atoms with Crippen LogP contribution >= 0.6 is 0 Å². The number of aromatic amines is 1. The van der Waals surface area contributed by atoms with Gasteiger partial charge in [0.25, 0.3) is 10.0 Å². The third-order valence-corrected chi connectivity index (χ3v) is 3.55. The molecule has 0 spiro atoms. The van der Waals surface area contributed by atoms with Crippen LogP contribution in [-0.4, -0.2) is 34.7 Å². The van der Waals surface area contributed by atoms with Crippen molar-refractivity contribution in [3.05, 3.63) is 35.8 Å². The number of hydrogen-bond acceptors (Lipinski definition) is 6. The van der Waals surface area contributed by atoms with Crippen molar-refractivity contribution in [2.45, 2.75) is 4.90 Å². The van der Waals surface area contributed by atoms with E-state index in [1.165, 1.54) is 12.1 Å². The van der Waals surface area contributed by atoms with Crippen molar-refractivity contribution in [3.8, 4) is 6.07 Å². The largest absolute Gasteiger partial charge is 0.477 e. The molecule has 2 heterocycles. The SMILES string of the molecule is N#Cc1ccc(S(=O)(=O)Nc2cc(C(=O)O)[nH]n2)cn1. The van der Waals surface area contributed by atoms with E-state index in [2.05, 4.69) is 19.9 Å². The zero-order valence-corrected chi connectivity index (χ0v) is 10.5. The minimum atomic E-state index is -3.95. The number of nitrogens with one attached hydrogen (secondary N) is 2. The maximum atomic E-state index is 11.9. The molecule has 0 aliphatic heterocycles. The number of nitrogens with zero attached hydrogens (tertiary/aromatic N) is 3. The summed E-state index contributed by atoms with van der Waals surface area (Å²) in [6.07, 6.45) is 1.02. The molecule has 9 nitrogen and oxygen atoms in total. The first-order chi connectivity index (χ1) is 9.42. The second-order valence-electron chi connectivity index (χ2n) is 3.57. The van der Waals surface area contributed by atoms with Gasteiger partial charge in [-0.15, -0.1) is 0 Å². The van der Waals surface area contributed by atoms with Crippen molar-refractivity contribution in [1.29, 1.82) is 5.26 Å². The van der Waals surface area contributed by atoms with E-state index in [-0.39, 0.29) is 22.1 Å². The van der Waals surface area contributed by atoms with Gasteiger partial charge in [-0.25, -0.2) is 18.2 Å². The summed E-state index contributed by atoms with van der Waals surface area (Å²) in [5.41, 5.74) is -0.169. The Hall–Kier alpha value is -2.93. The van der Waals surface area contributed by atoms with Gasteiger partial charge in [0.15, 0.2) is 5.82 Å². The third kappa shape index (κ3) is 2.73. The zero-order valence-electron chi connectivity index (χ0n) is 9.73. The number of carbonyl (C=O) groups is 1. The maximum absolute atomic E-state index is 11.9. The standard InChI is InChI=1S/C10H7N5O4S/c11-4-6-1-2-7(5-12-6)20(18,19)15-9-3-8(10(16)17)13-14-9/h1-3,5H,(H,16,17)(H2,13,14,15). The predicted octanol–water partition coefficient (Wildman–Crippen LogP) is 0.175. The molecule has 0 saturated heterocycles. The Morgan fingerprint density at radius 2 is 2.20 bits per heavy atom. The molecule has 20 heavy (non-hydrogen) atoms. The first-order valence-corrected chi connectivity index (χ1v) is 6.58. The number of rotatable bonds is 4. The van der Waals surface area contributed by atoms with Crippen molar-refractivity contribution >= 4 is 21.8 Å². The Morgan fingerprint density at radius 1 is 1.45 bits per heavy atom. The van der Waals surface area contributed by atoms with E-state index >= 15 is 0 Å². The molecule has 2 aromatic heterocycles. The van der Waals surface area contributed by atoms with Crippen LogP contribution in [0, 0.1) is 11.3 Å². The average Bonchev–Trinajstić information content (AvgIpc) is 2.87. The summed E-state index contributed by atoms with van der Waals surface area (Å²) in [6, 6.07) is 5.26. The number of sulfonamides is 1. The summed E-state index contributed by atoms with van der Waals surface area (Å²) in [5, 5.41) is 22.9. The van der Waals surface area contributed by atoms with Gasteiger partial charge in [-0.05, 0) is 12.1 Å². The van der Waals surface area contributed by atoms with Gasteiger partial charge in [-0.3, -0.25) is 9.82 Å². The summed E-state index contributed by atoms with van der Waals surface area (Å²) in [5.74, 6) is -1.42. The van der Waals surface area contributed by atoms with Gasteiger partial charge in [-0.1, -0.05) is 0 Å². The summed E-state index contributed by atoms with van der Waals surface area (Å²) in [4.78, 5) is 14.1. The van der Waals surface area contributed by atoms with E-state index in [9.17, 15) is 13.2 Å². The Bertz CT molecular complexity index is 788. The van der Waals surface area contributed by atoms with Crippen molar-refractivity contribution < 1.29 is 18.3 Å². The number of aromatic nitrogens is 3. The van der Waals surface area contributed by atoms with Crippen LogP contribution in [-0.2, 0) is 10.0 Å². The minimum Gasteiger partial charge on any atom is -0.477 e. The highest BCUT2D eigenvalue weighted by Gasteiger charge is 2.17. The molecule has 0 saturated carbocycles. The lowest BCUT2D eigenvalue weighted by atomic mass is 10.4. The molecule has 0 aliphatic carbocycles. The number of carboxylic acid groups (broad SMARTS) is 1. The van der Waals surface area contributed by atoms with Gasteiger partial charge in [0.05, 0.1) is 0 Å². The summed E-state index contributed by atoms with van der Waals surface area (Å²) in [7, 11) is -3.95. The third-order valence-electron chi connectivity index (χ3n) is 2.21. The minimum absolute atomic E-state index is 0.0804. The molecule has 0 atom stereocenters. The van der Waals surface area contributed by atoms with Gasteiger partial charge >= 0.3 is 5.97 Å². The van der Waals surface area contributed by atoms with Gasteiger partial charge in [0.2, 0.25) is 0 Å². The Labute approximate surface area is 112 Å². The van der Waals surface area contributed by atoms with Crippen molar-refractivity contribution in [2.75, 3.05) is 4.72 Å². The van der Waals surface area contributed by atoms with Crippen molar-refractivity contribution in [2.24, 2.45) is 0 Å². The van der Waals surface area contributed by atoms with Crippen LogP contribution in [0.25, 0.3) is 0 Å². The first kappa shape index (κ1) is 13.5. The van der Waals surface area contributed by atoms with Gasteiger partial charge in [0.1, 0.15) is 22.4 Å². The van der Waals surface area contributed by atoms with E-state index in [4.69, 9.17) is 10.4 Å². The molecule has 3 N–H and O–H groups in total. The number of anilines is 1. The summed E-state index contributed by atoms with van der Waals surface area (Å²) >= 11 is 0. The predicted molar refractivity (Wildman–Crippen MR) is 65.3 cm³/mol. The molecule has 0 bridgehead atoms.